The third-order valence-electron chi connectivity index (χ3n) is 3.33. The van der Waals surface area contributed by atoms with Crippen LogP contribution in [0.3, 0.4) is 0 Å². The van der Waals surface area contributed by atoms with Crippen LogP contribution < -0.4 is 0 Å². The molecule has 0 bridgehead atoms. The molecule has 1 aliphatic rings. The highest BCUT2D eigenvalue weighted by Crippen LogP contribution is 2.37. The second-order valence-electron chi connectivity index (χ2n) is 6.82. The lowest BCUT2D eigenvalue weighted by atomic mass is 9.78. The third kappa shape index (κ3) is 3.96. The van der Waals surface area contributed by atoms with Crippen LogP contribution >= 0.6 is 0 Å². The first-order valence-corrected chi connectivity index (χ1v) is 6.91. The van der Waals surface area contributed by atoms with Crippen LogP contribution in [0, 0.1) is 11.8 Å². The normalized spacial score (nSPS) is 24.8. The van der Waals surface area contributed by atoms with Crippen molar-refractivity contribution in [3.05, 3.63) is 23.8 Å². The van der Waals surface area contributed by atoms with E-state index in [1.807, 2.05) is 20.8 Å². The Hall–Kier alpha value is -0.600. The van der Waals surface area contributed by atoms with Gasteiger partial charge in [-0.1, -0.05) is 45.4 Å². The van der Waals surface area contributed by atoms with Gasteiger partial charge in [0, 0.05) is 6.42 Å². The molecule has 1 atom stereocenters. The molecule has 0 aromatic rings. The lowest BCUT2D eigenvalue weighted by Gasteiger charge is -2.38. The molecule has 0 fully saturated rings. The summed E-state index contributed by atoms with van der Waals surface area (Å²) in [5.74, 6) is 0.921. The minimum atomic E-state index is -0.332. The van der Waals surface area contributed by atoms with E-state index in [4.69, 9.17) is 9.78 Å². The van der Waals surface area contributed by atoms with Gasteiger partial charge in [0.1, 0.15) is 5.60 Å². The van der Waals surface area contributed by atoms with Gasteiger partial charge in [-0.05, 0) is 38.7 Å². The van der Waals surface area contributed by atoms with Gasteiger partial charge in [-0.2, -0.15) is 0 Å². The summed E-state index contributed by atoms with van der Waals surface area (Å²) in [5.41, 5.74) is 0.806. The summed E-state index contributed by atoms with van der Waals surface area (Å²) >= 11 is 0. The first-order chi connectivity index (χ1) is 8.16. The molecule has 0 amide bonds. The molecule has 1 rings (SSSR count). The first-order valence-electron chi connectivity index (χ1n) is 6.91. The van der Waals surface area contributed by atoms with Gasteiger partial charge in [0.05, 0.1) is 5.60 Å². The molecule has 0 aromatic heterocycles. The smallest absolute Gasteiger partial charge is 0.128 e. The van der Waals surface area contributed by atoms with Crippen molar-refractivity contribution in [1.82, 2.24) is 0 Å². The molecule has 0 aromatic carbocycles. The van der Waals surface area contributed by atoms with E-state index in [-0.39, 0.29) is 11.2 Å². The summed E-state index contributed by atoms with van der Waals surface area (Å²) in [6.45, 7) is 14.8. The molecule has 0 aliphatic heterocycles. The van der Waals surface area contributed by atoms with Crippen LogP contribution in [0.4, 0.5) is 0 Å². The average Bonchev–Trinajstić information content (AvgIpc) is 2.25. The summed E-state index contributed by atoms with van der Waals surface area (Å²) in [6, 6.07) is 0. The van der Waals surface area contributed by atoms with Crippen molar-refractivity contribution in [2.75, 3.05) is 0 Å². The van der Waals surface area contributed by atoms with E-state index in [1.165, 1.54) is 5.57 Å². The average molecular weight is 252 g/mol. The summed E-state index contributed by atoms with van der Waals surface area (Å²) in [4.78, 5) is 11.4. The Bertz CT molecular complexity index is 331. The standard InChI is InChI=1S/C16H28O2/c1-12(2)14-9-8-10-16(11-14,13(3)4)18-17-15(5,6)7/h8-10,12-13H,11H2,1-7H3. The van der Waals surface area contributed by atoms with Crippen molar-refractivity contribution in [2.24, 2.45) is 11.8 Å². The minimum absolute atomic E-state index is 0.283. The molecule has 0 N–H and O–H groups in total. The predicted octanol–water partition coefficient (Wildman–Crippen LogP) is 4.67. The molecule has 1 unspecified atom stereocenters. The predicted molar refractivity (Wildman–Crippen MR) is 76.2 cm³/mol. The Morgan fingerprint density at radius 1 is 1.17 bits per heavy atom. The fourth-order valence-corrected chi connectivity index (χ4v) is 1.92. The van der Waals surface area contributed by atoms with Crippen molar-refractivity contribution in [3.8, 4) is 0 Å². The maximum absolute atomic E-state index is 5.85. The quantitative estimate of drug-likeness (QED) is 0.534. The lowest BCUT2D eigenvalue weighted by molar-refractivity contribution is -0.400. The van der Waals surface area contributed by atoms with Gasteiger partial charge in [0.15, 0.2) is 0 Å². The second kappa shape index (κ2) is 5.58. The Balaban J connectivity index is 2.84. The SMILES string of the molecule is CC(C)C1=CC=CC(OOC(C)(C)C)(C(C)C)C1. The number of hydrogen-bond donors (Lipinski definition) is 0. The summed E-state index contributed by atoms with van der Waals surface area (Å²) in [5, 5.41) is 0. The Kier molecular flexibility index (Phi) is 4.79. The Morgan fingerprint density at radius 2 is 1.78 bits per heavy atom. The van der Waals surface area contributed by atoms with E-state index < -0.39 is 0 Å². The highest BCUT2D eigenvalue weighted by molar-refractivity contribution is 5.27. The summed E-state index contributed by atoms with van der Waals surface area (Å²) < 4.78 is 0. The van der Waals surface area contributed by atoms with E-state index in [0.717, 1.165) is 6.42 Å². The first kappa shape index (κ1) is 15.5. The molecule has 104 valence electrons. The molecule has 0 saturated carbocycles. The van der Waals surface area contributed by atoms with Crippen molar-refractivity contribution < 1.29 is 9.78 Å². The van der Waals surface area contributed by atoms with Crippen LogP contribution in [0.1, 0.15) is 54.9 Å². The van der Waals surface area contributed by atoms with Crippen molar-refractivity contribution >= 4 is 0 Å². The van der Waals surface area contributed by atoms with E-state index in [0.29, 0.717) is 11.8 Å². The molecule has 0 spiro atoms. The van der Waals surface area contributed by atoms with E-state index in [9.17, 15) is 0 Å². The number of rotatable bonds is 4. The van der Waals surface area contributed by atoms with Gasteiger partial charge in [0.25, 0.3) is 0 Å². The molecule has 0 radical (unpaired) electrons. The maximum atomic E-state index is 5.85. The molecule has 0 saturated heterocycles. The minimum Gasteiger partial charge on any atom is -0.230 e. The van der Waals surface area contributed by atoms with Gasteiger partial charge in [-0.25, -0.2) is 9.78 Å². The van der Waals surface area contributed by atoms with Crippen LogP contribution in [0.5, 0.6) is 0 Å². The molecule has 18 heavy (non-hydrogen) atoms. The summed E-state index contributed by atoms with van der Waals surface area (Å²) in [7, 11) is 0. The van der Waals surface area contributed by atoms with E-state index >= 15 is 0 Å². The van der Waals surface area contributed by atoms with Crippen LogP contribution in [0.15, 0.2) is 23.8 Å². The fourth-order valence-electron chi connectivity index (χ4n) is 1.92. The van der Waals surface area contributed by atoms with E-state index in [2.05, 4.69) is 45.9 Å². The van der Waals surface area contributed by atoms with Crippen LogP contribution in [0.2, 0.25) is 0 Å². The molecule has 1 aliphatic carbocycles. The van der Waals surface area contributed by atoms with Gasteiger partial charge in [-0.3, -0.25) is 0 Å². The lowest BCUT2D eigenvalue weighted by Crippen LogP contribution is -2.41. The van der Waals surface area contributed by atoms with Crippen molar-refractivity contribution in [3.63, 3.8) is 0 Å². The van der Waals surface area contributed by atoms with Crippen LogP contribution in [0.25, 0.3) is 0 Å². The Morgan fingerprint density at radius 3 is 2.22 bits per heavy atom. The molecular formula is C16H28O2. The van der Waals surface area contributed by atoms with Crippen LogP contribution in [-0.4, -0.2) is 11.2 Å². The van der Waals surface area contributed by atoms with Gasteiger partial charge in [-0.15, -0.1) is 0 Å². The van der Waals surface area contributed by atoms with Gasteiger partial charge < -0.3 is 0 Å². The molecule has 0 heterocycles. The molecular weight excluding hydrogens is 224 g/mol. The number of hydrogen-bond acceptors (Lipinski definition) is 2. The van der Waals surface area contributed by atoms with Gasteiger partial charge >= 0.3 is 0 Å². The van der Waals surface area contributed by atoms with Crippen molar-refractivity contribution in [2.45, 2.75) is 66.1 Å². The topological polar surface area (TPSA) is 18.5 Å². The molecule has 2 heteroatoms. The van der Waals surface area contributed by atoms with Crippen LogP contribution in [-0.2, 0) is 9.78 Å². The highest BCUT2D eigenvalue weighted by Gasteiger charge is 2.37. The number of allylic oxidation sites excluding steroid dienone is 2. The second-order valence-corrected chi connectivity index (χ2v) is 6.82. The molecule has 2 nitrogen and oxygen atoms in total. The zero-order valence-electron chi connectivity index (χ0n) is 12.9. The monoisotopic (exact) mass is 252 g/mol. The maximum Gasteiger partial charge on any atom is 0.128 e. The highest BCUT2D eigenvalue weighted by atomic mass is 17.2. The van der Waals surface area contributed by atoms with Gasteiger partial charge in [0.2, 0.25) is 0 Å². The third-order valence-corrected chi connectivity index (χ3v) is 3.33. The largest absolute Gasteiger partial charge is 0.230 e. The van der Waals surface area contributed by atoms with Crippen molar-refractivity contribution in [1.29, 1.82) is 0 Å². The zero-order chi connectivity index (χ0) is 14.0. The fraction of sp³-hybridized carbons (Fsp3) is 0.750. The zero-order valence-corrected chi connectivity index (χ0v) is 12.9. The summed E-state index contributed by atoms with van der Waals surface area (Å²) in [6.07, 6.45) is 7.35. The Labute approximate surface area is 112 Å². The van der Waals surface area contributed by atoms with E-state index in [1.54, 1.807) is 0 Å².